The summed E-state index contributed by atoms with van der Waals surface area (Å²) >= 11 is -0.106. The molecule has 0 spiro atoms. The van der Waals surface area contributed by atoms with E-state index in [9.17, 15) is 5.11 Å². The van der Waals surface area contributed by atoms with E-state index in [1.54, 1.807) is 12.1 Å². The van der Waals surface area contributed by atoms with Crippen molar-refractivity contribution in [1.82, 2.24) is 0 Å². The van der Waals surface area contributed by atoms with Gasteiger partial charge in [-0.3, -0.25) is 0 Å². The van der Waals surface area contributed by atoms with Crippen LogP contribution in [0.4, 0.5) is 0 Å². The van der Waals surface area contributed by atoms with Crippen LogP contribution in [-0.2, 0) is 25.2 Å². The normalized spacial score (nSPS) is 18.8. The third-order valence-corrected chi connectivity index (χ3v) is 4.39. The van der Waals surface area contributed by atoms with Crippen LogP contribution in [0.1, 0.15) is 27.7 Å². The van der Waals surface area contributed by atoms with Crippen molar-refractivity contribution in [1.29, 1.82) is 0 Å². The summed E-state index contributed by atoms with van der Waals surface area (Å²) in [5.41, 5.74) is 0.105. The number of phenolic OH excluding ortho intramolecular Hbond substituents is 1. The standard InChI is InChI=1S/C16H19BO3.2ClH.Pd/c1-15(2)16(3,4)20-17(19-15)14-10-12(18)9-11-7-5-6-8-13(11)14;;;/h5-10,18H,1-4H3;2*1H;/q;;;+2/p-2. The second-order valence-electron chi connectivity index (χ2n) is 6.39. The topological polar surface area (TPSA) is 38.7 Å². The quantitative estimate of drug-likeness (QED) is 0.666. The van der Waals surface area contributed by atoms with Crippen LogP contribution in [0.15, 0.2) is 36.4 Å². The Kier molecular flexibility index (Phi) is 6.06. The molecule has 3 nitrogen and oxygen atoms in total. The van der Waals surface area contributed by atoms with E-state index in [-0.39, 0.29) is 32.9 Å². The molecule has 23 heavy (non-hydrogen) atoms. The molecule has 0 saturated carbocycles. The van der Waals surface area contributed by atoms with E-state index in [1.807, 2.05) is 52.0 Å². The second kappa shape index (κ2) is 7.31. The Morgan fingerprint density at radius 3 is 2.09 bits per heavy atom. The van der Waals surface area contributed by atoms with Crippen LogP contribution in [0.2, 0.25) is 0 Å². The van der Waals surface area contributed by atoms with E-state index < -0.39 is 7.12 Å². The molecule has 1 N–H and O–H groups in total. The number of phenols is 1. The summed E-state index contributed by atoms with van der Waals surface area (Å²) in [7, 11) is 9.17. The van der Waals surface area contributed by atoms with Gasteiger partial charge in [-0.15, -0.1) is 0 Å². The van der Waals surface area contributed by atoms with Crippen molar-refractivity contribution in [2.45, 2.75) is 38.9 Å². The first-order valence-electron chi connectivity index (χ1n) is 7.11. The zero-order valence-electron chi connectivity index (χ0n) is 13.4. The molecule has 0 radical (unpaired) electrons. The van der Waals surface area contributed by atoms with Crippen molar-refractivity contribution in [2.75, 3.05) is 0 Å². The average molecular weight is 447 g/mol. The van der Waals surface area contributed by atoms with Gasteiger partial charge in [-0.25, -0.2) is 0 Å². The van der Waals surface area contributed by atoms with Gasteiger partial charge in [0.05, 0.1) is 11.2 Å². The molecule has 0 aliphatic carbocycles. The summed E-state index contributed by atoms with van der Waals surface area (Å²) in [6.07, 6.45) is 0. The predicted octanol–water partition coefficient (Wildman–Crippen LogP) is 4.22. The van der Waals surface area contributed by atoms with E-state index in [4.69, 9.17) is 28.4 Å². The van der Waals surface area contributed by atoms with Crippen molar-refractivity contribution < 1.29 is 30.4 Å². The van der Waals surface area contributed by atoms with Crippen molar-refractivity contribution in [3.05, 3.63) is 36.4 Å². The summed E-state index contributed by atoms with van der Waals surface area (Å²) < 4.78 is 12.2. The molecule has 0 aromatic heterocycles. The van der Waals surface area contributed by atoms with Gasteiger partial charge in [-0.05, 0) is 56.1 Å². The first-order chi connectivity index (χ1) is 10.7. The molecule has 1 saturated heterocycles. The van der Waals surface area contributed by atoms with Crippen LogP contribution >= 0.6 is 19.1 Å². The van der Waals surface area contributed by atoms with Crippen molar-refractivity contribution in [2.24, 2.45) is 0 Å². The Bertz CT molecular complexity index is 678. The van der Waals surface area contributed by atoms with E-state index in [0.717, 1.165) is 16.2 Å². The molecule has 2 aromatic rings. The van der Waals surface area contributed by atoms with Gasteiger partial charge in [0.2, 0.25) is 0 Å². The predicted molar refractivity (Wildman–Crippen MR) is 93.0 cm³/mol. The molecule has 0 unspecified atom stereocenters. The number of hydrogen-bond acceptors (Lipinski definition) is 3. The van der Waals surface area contributed by atoms with Crippen molar-refractivity contribution in [3.8, 4) is 5.75 Å². The molecule has 7 heteroatoms. The van der Waals surface area contributed by atoms with Crippen LogP contribution in [0.5, 0.6) is 5.75 Å². The van der Waals surface area contributed by atoms with Crippen LogP contribution in [-0.4, -0.2) is 23.4 Å². The summed E-state index contributed by atoms with van der Waals surface area (Å²) in [5, 5.41) is 11.9. The molecule has 2 aromatic carbocycles. The number of benzene rings is 2. The first kappa shape index (κ1) is 19.1. The first-order valence-corrected chi connectivity index (χ1v) is 11.1. The summed E-state index contributed by atoms with van der Waals surface area (Å²) in [6, 6.07) is 11.4. The van der Waals surface area contributed by atoms with Crippen LogP contribution < -0.4 is 5.46 Å². The summed E-state index contributed by atoms with van der Waals surface area (Å²) in [4.78, 5) is 0. The molecule has 1 fully saturated rings. The third-order valence-electron chi connectivity index (χ3n) is 4.39. The molecule has 3 rings (SSSR count). The Morgan fingerprint density at radius 1 is 1.00 bits per heavy atom. The third kappa shape index (κ3) is 4.04. The van der Waals surface area contributed by atoms with E-state index in [0.29, 0.717) is 0 Å². The molecule has 0 atom stereocenters. The Labute approximate surface area is 153 Å². The number of aromatic hydroxyl groups is 1. The van der Waals surface area contributed by atoms with E-state index in [2.05, 4.69) is 0 Å². The van der Waals surface area contributed by atoms with Crippen molar-refractivity contribution in [3.63, 3.8) is 0 Å². The van der Waals surface area contributed by atoms with E-state index >= 15 is 0 Å². The fraction of sp³-hybridized carbons (Fsp3) is 0.375. The molecule has 1 aliphatic rings. The molecule has 1 aliphatic heterocycles. The van der Waals surface area contributed by atoms with Gasteiger partial charge in [0.25, 0.3) is 0 Å². The molecule has 0 amide bonds. The number of hydrogen-bond donors (Lipinski definition) is 1. The average Bonchev–Trinajstić information content (AvgIpc) is 2.67. The Balaban J connectivity index is 0.000000595. The maximum absolute atomic E-state index is 9.92. The van der Waals surface area contributed by atoms with Crippen LogP contribution in [0.3, 0.4) is 0 Å². The zero-order valence-corrected chi connectivity index (χ0v) is 16.4. The van der Waals surface area contributed by atoms with Gasteiger partial charge < -0.3 is 14.4 Å². The minimum absolute atomic E-state index is 0.106. The fourth-order valence-electron chi connectivity index (χ4n) is 2.49. The molecular formula is C16H19BCl2O3Pd. The van der Waals surface area contributed by atoms with E-state index in [1.165, 1.54) is 0 Å². The van der Waals surface area contributed by atoms with Gasteiger partial charge >= 0.3 is 42.1 Å². The van der Waals surface area contributed by atoms with Gasteiger partial charge in [0.15, 0.2) is 0 Å². The number of rotatable bonds is 1. The van der Waals surface area contributed by atoms with Gasteiger partial charge in [0.1, 0.15) is 5.75 Å². The van der Waals surface area contributed by atoms with Gasteiger partial charge in [-0.2, -0.15) is 0 Å². The van der Waals surface area contributed by atoms with Gasteiger partial charge in [-0.1, -0.05) is 24.3 Å². The molecule has 0 bridgehead atoms. The minimum atomic E-state index is -0.461. The maximum atomic E-state index is 9.92. The number of halogens is 2. The molecule has 128 valence electrons. The Hall–Kier alpha value is -0.273. The van der Waals surface area contributed by atoms with Crippen LogP contribution in [0.25, 0.3) is 10.8 Å². The fourth-order valence-corrected chi connectivity index (χ4v) is 2.49. The zero-order chi connectivity index (χ0) is 17.3. The molecule has 1 heterocycles. The monoisotopic (exact) mass is 446 g/mol. The van der Waals surface area contributed by atoms with Crippen LogP contribution in [0, 0.1) is 0 Å². The SMILES string of the molecule is CC1(C)OB(c2cc(O)cc3ccccc23)OC1(C)C.[Cl][Pd][Cl]. The summed E-state index contributed by atoms with van der Waals surface area (Å²) in [6.45, 7) is 8.10. The molecular weight excluding hydrogens is 428 g/mol. The Morgan fingerprint density at radius 2 is 1.52 bits per heavy atom. The van der Waals surface area contributed by atoms with Gasteiger partial charge in [0, 0.05) is 0 Å². The van der Waals surface area contributed by atoms with Crippen molar-refractivity contribution >= 4 is 42.4 Å². The summed E-state index contributed by atoms with van der Waals surface area (Å²) in [5.74, 6) is 0.230. The number of fused-ring (bicyclic) bond motifs is 1. The second-order valence-corrected chi connectivity index (χ2v) is 8.75.